The van der Waals surface area contributed by atoms with Crippen LogP contribution in [-0.2, 0) is 23.2 Å². The maximum Gasteiger partial charge on any atom is 0.490 e. The Morgan fingerprint density at radius 2 is 1.59 bits per heavy atom. The number of rotatable bonds is 4. The van der Waals surface area contributed by atoms with E-state index in [2.05, 4.69) is 29.3 Å². The van der Waals surface area contributed by atoms with E-state index in [1.165, 1.54) is 0 Å². The number of anilines is 1. The van der Waals surface area contributed by atoms with E-state index in [9.17, 15) is 26.3 Å². The maximum atomic E-state index is 10.6. The van der Waals surface area contributed by atoms with Crippen LogP contribution in [0, 0.1) is 0 Å². The van der Waals surface area contributed by atoms with Crippen LogP contribution < -0.4 is 4.90 Å². The summed E-state index contributed by atoms with van der Waals surface area (Å²) in [6.45, 7) is 4.64. The molecule has 5 heterocycles. The second kappa shape index (κ2) is 12.7. The molecule has 18 heteroatoms. The van der Waals surface area contributed by atoms with E-state index in [-0.39, 0.29) is 0 Å². The number of hydrogen-bond acceptors (Lipinski definition) is 8. The molecule has 1 fully saturated rings. The molecule has 1 aliphatic heterocycles. The Morgan fingerprint density at radius 1 is 0.976 bits per heavy atom. The SMILES string of the molecule is Cn1cc(-c2cnc3c(N4CCN(Cc5ccco5)CC4)nccn23)cn1.O=C(O)C(F)(F)F.O=C(O)C(F)(F)F. The highest BCUT2D eigenvalue weighted by molar-refractivity contribution is 5.73. The van der Waals surface area contributed by atoms with Gasteiger partial charge in [0.2, 0.25) is 0 Å². The highest BCUT2D eigenvalue weighted by Crippen LogP contribution is 2.25. The Morgan fingerprint density at radius 3 is 2.07 bits per heavy atom. The van der Waals surface area contributed by atoms with Crippen molar-refractivity contribution in [1.29, 1.82) is 0 Å². The summed E-state index contributed by atoms with van der Waals surface area (Å²) in [5.41, 5.74) is 2.96. The van der Waals surface area contributed by atoms with Crippen LogP contribution in [-0.4, -0.2) is 89.7 Å². The van der Waals surface area contributed by atoms with Crippen LogP contribution in [0.25, 0.3) is 16.9 Å². The Balaban J connectivity index is 0.000000276. The average Bonchev–Trinajstić information content (AvgIpc) is 3.65. The molecule has 0 bridgehead atoms. The second-order valence-corrected chi connectivity index (χ2v) is 8.44. The molecule has 0 spiro atoms. The van der Waals surface area contributed by atoms with Crippen LogP contribution in [0.3, 0.4) is 0 Å². The zero-order valence-electron chi connectivity index (χ0n) is 21.2. The first-order valence-corrected chi connectivity index (χ1v) is 11.6. The molecule has 1 aliphatic rings. The number of piperazine rings is 1. The second-order valence-electron chi connectivity index (χ2n) is 8.44. The van der Waals surface area contributed by atoms with Gasteiger partial charge < -0.3 is 19.5 Å². The maximum absolute atomic E-state index is 10.6. The lowest BCUT2D eigenvalue weighted by atomic mass is 10.3. The summed E-state index contributed by atoms with van der Waals surface area (Å²) in [7, 11) is 1.92. The number of alkyl halides is 6. The third-order valence-electron chi connectivity index (χ3n) is 5.53. The molecule has 0 radical (unpaired) electrons. The first-order valence-electron chi connectivity index (χ1n) is 11.6. The number of fused-ring (bicyclic) bond motifs is 1. The van der Waals surface area contributed by atoms with Crippen LogP contribution in [0.15, 0.2) is 53.8 Å². The molecule has 222 valence electrons. The molecule has 2 N–H and O–H groups in total. The van der Waals surface area contributed by atoms with Crippen molar-refractivity contribution in [3.05, 3.63) is 55.1 Å². The van der Waals surface area contributed by atoms with Gasteiger partial charge in [-0.2, -0.15) is 31.4 Å². The van der Waals surface area contributed by atoms with Crippen molar-refractivity contribution in [3.8, 4) is 11.3 Å². The number of carboxylic acids is 2. The number of carbonyl (C=O) groups is 2. The van der Waals surface area contributed by atoms with Gasteiger partial charge in [0.15, 0.2) is 11.5 Å². The molecule has 0 amide bonds. The largest absolute Gasteiger partial charge is 0.490 e. The van der Waals surface area contributed by atoms with Gasteiger partial charge in [-0.1, -0.05) is 0 Å². The minimum atomic E-state index is -5.08. The van der Waals surface area contributed by atoms with E-state index in [0.717, 1.165) is 61.2 Å². The minimum absolute atomic E-state index is 0.854. The lowest BCUT2D eigenvalue weighted by Crippen LogP contribution is -2.46. The number of carboxylic acid groups (broad SMARTS) is 2. The van der Waals surface area contributed by atoms with E-state index in [0.29, 0.717) is 0 Å². The van der Waals surface area contributed by atoms with E-state index >= 15 is 0 Å². The first kappa shape index (κ1) is 30.9. The molecule has 0 unspecified atom stereocenters. The number of halogens is 6. The smallest absolute Gasteiger partial charge is 0.475 e. The number of aryl methyl sites for hydroxylation is 1. The third kappa shape index (κ3) is 8.44. The zero-order valence-corrected chi connectivity index (χ0v) is 21.2. The Hall–Kier alpha value is -4.61. The van der Waals surface area contributed by atoms with Gasteiger partial charge in [-0.15, -0.1) is 0 Å². The topological polar surface area (TPSA) is 142 Å². The lowest BCUT2D eigenvalue weighted by molar-refractivity contribution is -0.193. The fraction of sp³-hybridized carbons (Fsp3) is 0.348. The molecule has 4 aromatic heterocycles. The lowest BCUT2D eigenvalue weighted by Gasteiger charge is -2.34. The summed E-state index contributed by atoms with van der Waals surface area (Å²) >= 11 is 0. The summed E-state index contributed by atoms with van der Waals surface area (Å²) in [5, 5.41) is 18.5. The number of hydrogen-bond donors (Lipinski definition) is 2. The predicted molar refractivity (Wildman–Crippen MR) is 129 cm³/mol. The summed E-state index contributed by atoms with van der Waals surface area (Å²) in [5.74, 6) is -3.57. The van der Waals surface area contributed by atoms with Gasteiger partial charge in [0.1, 0.15) is 5.76 Å². The van der Waals surface area contributed by atoms with Crippen molar-refractivity contribution in [2.75, 3.05) is 31.1 Å². The number of nitrogens with zero attached hydrogens (tertiary/aromatic N) is 7. The number of aliphatic carboxylic acids is 2. The standard InChI is InChI=1S/C19H21N7O.2C2HF3O2/c1-23-13-15(11-22-23)17-12-21-19-18(20-4-5-26(17)19)25-8-6-24(7-9-25)14-16-3-2-10-27-16;2*3-2(4,5)1(6)7/h2-5,10-13H,6-9,14H2,1H3;2*(H,6,7). The molecule has 0 aromatic carbocycles. The normalized spacial score (nSPS) is 14.2. The van der Waals surface area contributed by atoms with Crippen molar-refractivity contribution in [2.45, 2.75) is 18.9 Å². The van der Waals surface area contributed by atoms with Crippen LogP contribution in [0.2, 0.25) is 0 Å². The minimum Gasteiger partial charge on any atom is -0.475 e. The van der Waals surface area contributed by atoms with Gasteiger partial charge in [-0.25, -0.2) is 19.6 Å². The van der Waals surface area contributed by atoms with Crippen molar-refractivity contribution in [3.63, 3.8) is 0 Å². The fourth-order valence-electron chi connectivity index (χ4n) is 3.64. The van der Waals surface area contributed by atoms with Gasteiger partial charge in [-0.3, -0.25) is 14.0 Å². The molecular formula is C23H23F6N7O5. The molecule has 12 nitrogen and oxygen atoms in total. The van der Waals surface area contributed by atoms with E-state index < -0.39 is 24.3 Å². The first-order chi connectivity index (χ1) is 19.2. The van der Waals surface area contributed by atoms with E-state index in [1.807, 2.05) is 50.2 Å². The summed E-state index contributed by atoms with van der Waals surface area (Å²) in [6, 6.07) is 3.97. The Kier molecular flexibility index (Phi) is 9.59. The average molecular weight is 591 g/mol. The zero-order chi connectivity index (χ0) is 30.4. The number of imidazole rings is 1. The molecule has 0 aliphatic carbocycles. The van der Waals surface area contributed by atoms with E-state index in [1.54, 1.807) is 10.9 Å². The van der Waals surface area contributed by atoms with Crippen LogP contribution in [0.5, 0.6) is 0 Å². The third-order valence-corrected chi connectivity index (χ3v) is 5.53. The van der Waals surface area contributed by atoms with Crippen LogP contribution in [0.1, 0.15) is 5.76 Å². The van der Waals surface area contributed by atoms with Gasteiger partial charge in [0, 0.05) is 57.4 Å². The highest BCUT2D eigenvalue weighted by atomic mass is 19.4. The summed E-state index contributed by atoms with van der Waals surface area (Å²) in [6.07, 6.45) is 1.12. The van der Waals surface area contributed by atoms with Gasteiger partial charge in [0.25, 0.3) is 0 Å². The molecule has 41 heavy (non-hydrogen) atoms. The van der Waals surface area contributed by atoms with Crippen molar-refractivity contribution in [2.24, 2.45) is 7.05 Å². The quantitative estimate of drug-likeness (QED) is 0.340. The molecule has 0 saturated carbocycles. The van der Waals surface area contributed by atoms with Crippen molar-refractivity contribution >= 4 is 23.4 Å². The van der Waals surface area contributed by atoms with Gasteiger partial charge in [0.05, 0.1) is 30.9 Å². The molecule has 0 atom stereocenters. The Labute approximate surface area is 227 Å². The summed E-state index contributed by atoms with van der Waals surface area (Å²) in [4.78, 5) is 31.8. The monoisotopic (exact) mass is 591 g/mol. The van der Waals surface area contributed by atoms with E-state index in [4.69, 9.17) is 24.2 Å². The van der Waals surface area contributed by atoms with Crippen molar-refractivity contribution < 1.29 is 50.6 Å². The molecule has 4 aromatic rings. The Bertz CT molecular complexity index is 1420. The van der Waals surface area contributed by atoms with Crippen LogP contribution >= 0.6 is 0 Å². The predicted octanol–water partition coefficient (Wildman–Crippen LogP) is 3.31. The summed E-state index contributed by atoms with van der Waals surface area (Å²) < 4.78 is 72.8. The molecule has 5 rings (SSSR count). The van der Waals surface area contributed by atoms with Crippen molar-refractivity contribution in [1.82, 2.24) is 29.0 Å². The highest BCUT2D eigenvalue weighted by Gasteiger charge is 2.38. The number of aromatic nitrogens is 5. The van der Waals surface area contributed by atoms with Gasteiger partial charge in [-0.05, 0) is 12.1 Å². The fourth-order valence-corrected chi connectivity index (χ4v) is 3.64. The van der Waals surface area contributed by atoms with Gasteiger partial charge >= 0.3 is 24.3 Å². The molecular weight excluding hydrogens is 568 g/mol. The molecule has 1 saturated heterocycles. The van der Waals surface area contributed by atoms with Crippen LogP contribution in [0.4, 0.5) is 32.2 Å². The number of furan rings is 1.